The summed E-state index contributed by atoms with van der Waals surface area (Å²) in [5, 5.41) is 8.35. The summed E-state index contributed by atoms with van der Waals surface area (Å²) in [6.07, 6.45) is 7.20. The van der Waals surface area contributed by atoms with E-state index in [2.05, 4.69) is 40.8 Å². The molecule has 2 aromatic rings. The smallest absolute Gasteiger partial charge is 0.0827 e. The van der Waals surface area contributed by atoms with Crippen molar-refractivity contribution in [3.05, 3.63) is 41.7 Å². The number of nitrogens with two attached hydrogens (primary N) is 1. The normalized spacial score (nSPS) is 10.8. The van der Waals surface area contributed by atoms with Crippen molar-refractivity contribution in [2.45, 2.75) is 30.7 Å². The second kappa shape index (κ2) is 7.31. The van der Waals surface area contributed by atoms with E-state index in [-0.39, 0.29) is 0 Å². The number of thioether (sulfide) groups is 1. The van der Waals surface area contributed by atoms with Gasteiger partial charge in [0.1, 0.15) is 0 Å². The van der Waals surface area contributed by atoms with Gasteiger partial charge in [0.05, 0.1) is 12.2 Å². The topological polar surface area (TPSA) is 56.7 Å². The van der Waals surface area contributed by atoms with Gasteiger partial charge in [-0.05, 0) is 49.8 Å². The molecule has 0 aliphatic heterocycles. The zero-order valence-electron chi connectivity index (χ0n) is 11.2. The molecule has 102 valence electrons. The number of benzene rings is 1. The van der Waals surface area contributed by atoms with E-state index in [0.29, 0.717) is 0 Å². The molecule has 0 atom stereocenters. The molecule has 0 bridgehead atoms. The number of aryl methyl sites for hydroxylation is 1. The molecule has 2 N–H and O–H groups in total. The Morgan fingerprint density at radius 1 is 1.21 bits per heavy atom. The molecule has 0 aliphatic carbocycles. The summed E-state index contributed by atoms with van der Waals surface area (Å²) in [6.45, 7) is 1.52. The fraction of sp³-hybridized carbons (Fsp3) is 0.429. The van der Waals surface area contributed by atoms with E-state index < -0.39 is 0 Å². The summed E-state index contributed by atoms with van der Waals surface area (Å²) in [6, 6.07) is 8.56. The summed E-state index contributed by atoms with van der Waals surface area (Å²) < 4.78 is 1.89. The monoisotopic (exact) mass is 276 g/mol. The molecule has 0 saturated carbocycles. The number of unbranched alkanes of at least 4 members (excludes halogenated alkanes) is 1. The molecule has 2 rings (SSSR count). The highest BCUT2D eigenvalue weighted by atomic mass is 32.2. The molecule has 1 aromatic heterocycles. The van der Waals surface area contributed by atoms with Gasteiger partial charge in [-0.15, -0.1) is 16.9 Å². The molecule has 5 heteroatoms. The highest BCUT2D eigenvalue weighted by molar-refractivity contribution is 7.98. The molecule has 0 aliphatic rings. The first kappa shape index (κ1) is 14.1. The van der Waals surface area contributed by atoms with Gasteiger partial charge in [-0.3, -0.25) is 0 Å². The van der Waals surface area contributed by atoms with E-state index in [9.17, 15) is 0 Å². The highest BCUT2D eigenvalue weighted by Gasteiger charge is 2.01. The van der Waals surface area contributed by atoms with Gasteiger partial charge < -0.3 is 5.73 Å². The number of hydrogen-bond donors (Lipinski definition) is 1. The Bertz CT molecular complexity index is 492. The van der Waals surface area contributed by atoms with Crippen LogP contribution in [0.15, 0.2) is 35.4 Å². The van der Waals surface area contributed by atoms with Crippen LogP contribution >= 0.6 is 11.8 Å². The summed E-state index contributed by atoms with van der Waals surface area (Å²) in [7, 11) is 0. The maximum atomic E-state index is 5.48. The molecule has 0 amide bonds. The zero-order valence-corrected chi connectivity index (χ0v) is 12.1. The Hall–Kier alpha value is -1.33. The Morgan fingerprint density at radius 3 is 2.68 bits per heavy atom. The van der Waals surface area contributed by atoms with E-state index in [1.54, 1.807) is 11.8 Å². The molecule has 19 heavy (non-hydrogen) atoms. The van der Waals surface area contributed by atoms with Crippen molar-refractivity contribution in [3.63, 3.8) is 0 Å². The van der Waals surface area contributed by atoms with Gasteiger partial charge in [0.2, 0.25) is 0 Å². The van der Waals surface area contributed by atoms with E-state index in [4.69, 9.17) is 5.73 Å². The minimum absolute atomic E-state index is 0.746. The first-order chi connectivity index (χ1) is 9.31. The molecule has 0 fully saturated rings. The van der Waals surface area contributed by atoms with Gasteiger partial charge >= 0.3 is 0 Å². The lowest BCUT2D eigenvalue weighted by molar-refractivity contribution is 0.648. The van der Waals surface area contributed by atoms with E-state index >= 15 is 0 Å². The van der Waals surface area contributed by atoms with Crippen molar-refractivity contribution in [2.75, 3.05) is 12.8 Å². The van der Waals surface area contributed by atoms with E-state index in [1.165, 1.54) is 10.5 Å². The van der Waals surface area contributed by atoms with E-state index in [0.717, 1.165) is 38.0 Å². The van der Waals surface area contributed by atoms with Crippen molar-refractivity contribution in [1.82, 2.24) is 15.0 Å². The summed E-state index contributed by atoms with van der Waals surface area (Å²) in [4.78, 5) is 1.28. The third-order valence-corrected chi connectivity index (χ3v) is 3.72. The Kier molecular flexibility index (Phi) is 5.42. The van der Waals surface area contributed by atoms with Gasteiger partial charge in [-0.25, -0.2) is 4.68 Å². The molecular weight excluding hydrogens is 256 g/mol. The minimum atomic E-state index is 0.746. The van der Waals surface area contributed by atoms with Crippen LogP contribution in [-0.2, 0) is 13.0 Å². The SMILES string of the molecule is CSc1ccc(Cn2cc(CCCCN)nn2)cc1. The van der Waals surface area contributed by atoms with Gasteiger partial charge in [0, 0.05) is 11.1 Å². The standard InChI is InChI=1S/C14H20N4S/c1-19-14-7-5-12(6-8-14)10-18-11-13(16-17-18)4-2-3-9-15/h5-8,11H,2-4,9-10,15H2,1H3. The number of nitrogens with zero attached hydrogens (tertiary/aromatic N) is 3. The van der Waals surface area contributed by atoms with Crippen LogP contribution in [0, 0.1) is 0 Å². The average molecular weight is 276 g/mol. The molecule has 0 saturated heterocycles. The fourth-order valence-electron chi connectivity index (χ4n) is 1.90. The van der Waals surface area contributed by atoms with Crippen molar-refractivity contribution < 1.29 is 0 Å². The van der Waals surface area contributed by atoms with E-state index in [1.807, 2.05) is 10.9 Å². The quantitative estimate of drug-likeness (QED) is 0.623. The largest absolute Gasteiger partial charge is 0.330 e. The number of aromatic nitrogens is 3. The number of hydrogen-bond acceptors (Lipinski definition) is 4. The van der Waals surface area contributed by atoms with Crippen molar-refractivity contribution in [3.8, 4) is 0 Å². The lowest BCUT2D eigenvalue weighted by Gasteiger charge is -2.02. The van der Waals surface area contributed by atoms with Crippen molar-refractivity contribution >= 4 is 11.8 Å². The van der Waals surface area contributed by atoms with Crippen LogP contribution in [-0.4, -0.2) is 27.8 Å². The van der Waals surface area contributed by atoms with Crippen LogP contribution in [0.4, 0.5) is 0 Å². The molecular formula is C14H20N4S. The first-order valence-corrected chi connectivity index (χ1v) is 7.76. The highest BCUT2D eigenvalue weighted by Crippen LogP contribution is 2.15. The molecule has 1 aromatic carbocycles. The summed E-state index contributed by atoms with van der Waals surface area (Å²) in [5.74, 6) is 0. The zero-order chi connectivity index (χ0) is 13.5. The van der Waals surface area contributed by atoms with Crippen LogP contribution in [0.2, 0.25) is 0 Å². The van der Waals surface area contributed by atoms with Crippen LogP contribution in [0.5, 0.6) is 0 Å². The predicted molar refractivity (Wildman–Crippen MR) is 79.3 cm³/mol. The summed E-state index contributed by atoms with van der Waals surface area (Å²) >= 11 is 1.75. The molecule has 0 spiro atoms. The lowest BCUT2D eigenvalue weighted by atomic mass is 10.2. The van der Waals surface area contributed by atoms with Gasteiger partial charge in [-0.1, -0.05) is 17.3 Å². The van der Waals surface area contributed by atoms with Crippen molar-refractivity contribution in [1.29, 1.82) is 0 Å². The average Bonchev–Trinajstić information content (AvgIpc) is 2.88. The summed E-state index contributed by atoms with van der Waals surface area (Å²) in [5.41, 5.74) is 7.78. The second-order valence-electron chi connectivity index (χ2n) is 4.50. The lowest BCUT2D eigenvalue weighted by Crippen LogP contribution is -2.00. The first-order valence-electron chi connectivity index (χ1n) is 6.54. The maximum Gasteiger partial charge on any atom is 0.0827 e. The maximum absolute atomic E-state index is 5.48. The Morgan fingerprint density at radius 2 is 2.00 bits per heavy atom. The third-order valence-electron chi connectivity index (χ3n) is 2.98. The minimum Gasteiger partial charge on any atom is -0.330 e. The van der Waals surface area contributed by atoms with Crippen LogP contribution in [0.1, 0.15) is 24.1 Å². The Balaban J connectivity index is 1.91. The molecule has 1 heterocycles. The van der Waals surface area contributed by atoms with Crippen LogP contribution in [0.25, 0.3) is 0 Å². The molecule has 0 unspecified atom stereocenters. The van der Waals surface area contributed by atoms with Crippen LogP contribution < -0.4 is 5.73 Å². The van der Waals surface area contributed by atoms with Gasteiger partial charge in [0.25, 0.3) is 0 Å². The molecule has 4 nitrogen and oxygen atoms in total. The predicted octanol–water partition coefficient (Wildman–Crippen LogP) is 2.33. The van der Waals surface area contributed by atoms with Crippen LogP contribution in [0.3, 0.4) is 0 Å². The Labute approximate surface area is 118 Å². The van der Waals surface area contributed by atoms with Gasteiger partial charge in [-0.2, -0.15) is 0 Å². The fourth-order valence-corrected chi connectivity index (χ4v) is 2.31. The third kappa shape index (κ3) is 4.36. The number of rotatable bonds is 7. The van der Waals surface area contributed by atoms with Crippen molar-refractivity contribution in [2.24, 2.45) is 5.73 Å². The molecule has 0 radical (unpaired) electrons. The second-order valence-corrected chi connectivity index (χ2v) is 5.38. The van der Waals surface area contributed by atoms with Gasteiger partial charge in [0.15, 0.2) is 0 Å².